The van der Waals surface area contributed by atoms with E-state index in [9.17, 15) is 0 Å². The van der Waals surface area contributed by atoms with Gasteiger partial charge in [-0.1, -0.05) is 6.07 Å². The van der Waals surface area contributed by atoms with Crippen LogP contribution >= 0.6 is 23.1 Å². The van der Waals surface area contributed by atoms with Crippen LogP contribution in [0.1, 0.15) is 4.88 Å². The van der Waals surface area contributed by atoms with Crippen molar-refractivity contribution in [1.82, 2.24) is 10.2 Å². The minimum atomic E-state index is 1.03. The summed E-state index contributed by atoms with van der Waals surface area (Å²) in [6.07, 6.45) is 0. The van der Waals surface area contributed by atoms with Gasteiger partial charge in [-0.05, 0) is 11.4 Å². The van der Waals surface area contributed by atoms with E-state index in [0.717, 1.165) is 13.1 Å². The Labute approximate surface area is 100 Å². The molecule has 1 aromatic rings. The number of nitrogens with zero attached hydrogens (tertiary/aromatic N) is 1. The van der Waals surface area contributed by atoms with Crippen LogP contribution < -0.4 is 5.32 Å². The zero-order valence-electron chi connectivity index (χ0n) is 8.95. The van der Waals surface area contributed by atoms with Gasteiger partial charge in [-0.3, -0.25) is 0 Å². The standard InChI is InChI=1S/C11H18N2S2/c1-2-11(15-7-1)10-12-3-4-13-5-8-14-9-6-13/h1-2,7,12H,3-6,8-10H2. The van der Waals surface area contributed by atoms with Gasteiger partial charge in [0.05, 0.1) is 0 Å². The third-order valence-electron chi connectivity index (χ3n) is 2.59. The van der Waals surface area contributed by atoms with Gasteiger partial charge in [0.1, 0.15) is 0 Å². The van der Waals surface area contributed by atoms with E-state index in [1.54, 1.807) is 0 Å². The molecule has 2 rings (SSSR count). The summed E-state index contributed by atoms with van der Waals surface area (Å²) in [7, 11) is 0. The van der Waals surface area contributed by atoms with Crippen LogP contribution in [0.5, 0.6) is 0 Å². The van der Waals surface area contributed by atoms with Crippen LogP contribution in [0.3, 0.4) is 0 Å². The minimum Gasteiger partial charge on any atom is -0.311 e. The van der Waals surface area contributed by atoms with Crippen molar-refractivity contribution in [2.75, 3.05) is 37.7 Å². The number of nitrogens with one attached hydrogen (secondary N) is 1. The Morgan fingerprint density at radius 3 is 2.93 bits per heavy atom. The molecule has 0 spiro atoms. The van der Waals surface area contributed by atoms with Gasteiger partial charge < -0.3 is 10.2 Å². The zero-order chi connectivity index (χ0) is 10.3. The summed E-state index contributed by atoms with van der Waals surface area (Å²) in [5.74, 6) is 2.62. The number of rotatable bonds is 5. The molecule has 1 aromatic heterocycles. The van der Waals surface area contributed by atoms with Crippen LogP contribution in [-0.4, -0.2) is 42.6 Å². The zero-order valence-corrected chi connectivity index (χ0v) is 10.6. The summed E-state index contributed by atoms with van der Waals surface area (Å²) in [5.41, 5.74) is 0. The minimum absolute atomic E-state index is 1.03. The molecule has 1 aliphatic rings. The van der Waals surface area contributed by atoms with Gasteiger partial charge in [0.15, 0.2) is 0 Å². The quantitative estimate of drug-likeness (QED) is 0.794. The maximum Gasteiger partial charge on any atom is 0.0300 e. The molecule has 0 radical (unpaired) electrons. The van der Waals surface area contributed by atoms with Crippen molar-refractivity contribution in [3.63, 3.8) is 0 Å². The van der Waals surface area contributed by atoms with Crippen molar-refractivity contribution in [2.45, 2.75) is 6.54 Å². The molecule has 2 nitrogen and oxygen atoms in total. The van der Waals surface area contributed by atoms with Crippen LogP contribution in [0, 0.1) is 0 Å². The molecule has 0 saturated carbocycles. The Balaban J connectivity index is 1.54. The van der Waals surface area contributed by atoms with Gasteiger partial charge >= 0.3 is 0 Å². The lowest BCUT2D eigenvalue weighted by atomic mass is 10.4. The molecule has 0 aromatic carbocycles. The second-order valence-corrected chi connectivity index (χ2v) is 5.97. The molecule has 0 amide bonds. The number of thiophene rings is 1. The van der Waals surface area contributed by atoms with Crippen molar-refractivity contribution in [2.24, 2.45) is 0 Å². The van der Waals surface area contributed by atoms with Crippen LogP contribution in [-0.2, 0) is 6.54 Å². The molecule has 1 fully saturated rings. The molecule has 15 heavy (non-hydrogen) atoms. The second kappa shape index (κ2) is 6.53. The highest BCUT2D eigenvalue weighted by atomic mass is 32.2. The van der Waals surface area contributed by atoms with Crippen molar-refractivity contribution in [1.29, 1.82) is 0 Å². The van der Waals surface area contributed by atoms with Crippen LogP contribution in [0.15, 0.2) is 17.5 Å². The van der Waals surface area contributed by atoms with Gasteiger partial charge in [-0.25, -0.2) is 0 Å². The highest BCUT2D eigenvalue weighted by Gasteiger charge is 2.08. The van der Waals surface area contributed by atoms with Gasteiger partial charge in [-0.2, -0.15) is 11.8 Å². The van der Waals surface area contributed by atoms with Gasteiger partial charge in [0.25, 0.3) is 0 Å². The number of thioether (sulfide) groups is 1. The fourth-order valence-corrected chi connectivity index (χ4v) is 3.34. The molecule has 1 N–H and O–H groups in total. The van der Waals surface area contributed by atoms with E-state index in [2.05, 4.69) is 39.5 Å². The normalized spacial score (nSPS) is 18.1. The van der Waals surface area contributed by atoms with E-state index in [4.69, 9.17) is 0 Å². The molecule has 84 valence electrons. The van der Waals surface area contributed by atoms with Gasteiger partial charge in [-0.15, -0.1) is 11.3 Å². The molecule has 0 atom stereocenters. The van der Waals surface area contributed by atoms with E-state index in [0.29, 0.717) is 0 Å². The average Bonchev–Trinajstić information content (AvgIpc) is 2.79. The van der Waals surface area contributed by atoms with E-state index in [-0.39, 0.29) is 0 Å². The number of hydrogen-bond acceptors (Lipinski definition) is 4. The van der Waals surface area contributed by atoms with Crippen LogP contribution in [0.25, 0.3) is 0 Å². The van der Waals surface area contributed by atoms with Crippen molar-refractivity contribution in [3.05, 3.63) is 22.4 Å². The van der Waals surface area contributed by atoms with Crippen molar-refractivity contribution < 1.29 is 0 Å². The molecule has 1 saturated heterocycles. The predicted molar refractivity (Wildman–Crippen MR) is 69.8 cm³/mol. The van der Waals surface area contributed by atoms with Crippen LogP contribution in [0.2, 0.25) is 0 Å². The molecular weight excluding hydrogens is 224 g/mol. The molecule has 0 unspecified atom stereocenters. The van der Waals surface area contributed by atoms with E-state index < -0.39 is 0 Å². The summed E-state index contributed by atoms with van der Waals surface area (Å²) < 4.78 is 0. The van der Waals surface area contributed by atoms with E-state index in [1.165, 1.54) is 36.0 Å². The molecule has 0 aliphatic carbocycles. The Morgan fingerprint density at radius 2 is 2.20 bits per heavy atom. The summed E-state index contributed by atoms with van der Waals surface area (Å²) in [6, 6.07) is 4.30. The fourth-order valence-electron chi connectivity index (χ4n) is 1.69. The molecule has 4 heteroatoms. The smallest absolute Gasteiger partial charge is 0.0300 e. The summed E-state index contributed by atoms with van der Waals surface area (Å²) in [4.78, 5) is 3.99. The Kier molecular flexibility index (Phi) is 4.99. The number of hydrogen-bond donors (Lipinski definition) is 1. The van der Waals surface area contributed by atoms with Gasteiger partial charge in [0, 0.05) is 49.1 Å². The lowest BCUT2D eigenvalue weighted by Gasteiger charge is -2.25. The maximum atomic E-state index is 3.50. The average molecular weight is 242 g/mol. The first-order chi connectivity index (χ1) is 7.45. The summed E-state index contributed by atoms with van der Waals surface area (Å²) in [6.45, 7) is 5.88. The van der Waals surface area contributed by atoms with Crippen molar-refractivity contribution in [3.8, 4) is 0 Å². The molecular formula is C11H18N2S2. The fraction of sp³-hybridized carbons (Fsp3) is 0.636. The first-order valence-corrected chi connectivity index (χ1v) is 7.52. The summed E-state index contributed by atoms with van der Waals surface area (Å²) >= 11 is 3.90. The Morgan fingerprint density at radius 1 is 1.33 bits per heavy atom. The Bertz CT molecular complexity index is 256. The summed E-state index contributed by atoms with van der Waals surface area (Å²) in [5, 5.41) is 5.63. The highest BCUT2D eigenvalue weighted by molar-refractivity contribution is 7.99. The van der Waals surface area contributed by atoms with Crippen LogP contribution in [0.4, 0.5) is 0 Å². The topological polar surface area (TPSA) is 15.3 Å². The first kappa shape index (κ1) is 11.5. The third-order valence-corrected chi connectivity index (χ3v) is 4.41. The Hall–Kier alpha value is -0.0300. The maximum absolute atomic E-state index is 3.50. The van der Waals surface area contributed by atoms with E-state index in [1.807, 2.05) is 11.3 Å². The molecule has 1 aliphatic heterocycles. The molecule has 2 heterocycles. The van der Waals surface area contributed by atoms with Crippen molar-refractivity contribution >= 4 is 23.1 Å². The highest BCUT2D eigenvalue weighted by Crippen LogP contribution is 2.09. The first-order valence-electron chi connectivity index (χ1n) is 5.48. The lowest BCUT2D eigenvalue weighted by molar-refractivity contribution is 0.301. The second-order valence-electron chi connectivity index (χ2n) is 3.71. The SMILES string of the molecule is c1csc(CNCCN2CCSCC2)c1. The predicted octanol–water partition coefficient (Wildman–Crippen LogP) is 1.89. The third kappa shape index (κ3) is 4.15. The monoisotopic (exact) mass is 242 g/mol. The largest absolute Gasteiger partial charge is 0.311 e. The lowest BCUT2D eigenvalue weighted by Crippen LogP contribution is -2.37. The molecule has 0 bridgehead atoms. The van der Waals surface area contributed by atoms with Gasteiger partial charge in [0.2, 0.25) is 0 Å². The van der Waals surface area contributed by atoms with E-state index >= 15 is 0 Å².